The van der Waals surface area contributed by atoms with Crippen molar-refractivity contribution in [3.8, 4) is 11.5 Å². The van der Waals surface area contributed by atoms with Gasteiger partial charge in [-0.2, -0.15) is 0 Å². The quantitative estimate of drug-likeness (QED) is 0.0542. The zero-order valence-electron chi connectivity index (χ0n) is 37.5. The Hall–Kier alpha value is -3.26. The SMILES string of the molecule is CCCCCCCCCCCCOc1ccc(C(C)(C)C)cc1/C=C/c1ccc(/C=C/c2cc(C(C)(C)C)ccc2OCCCCCCCCCCCC)cc1. The van der Waals surface area contributed by atoms with Crippen molar-refractivity contribution in [2.75, 3.05) is 13.2 Å². The molecule has 310 valence electrons. The predicted octanol–water partition coefficient (Wildman–Crippen LogP) is 17.2. The molecule has 0 aliphatic rings. The van der Waals surface area contributed by atoms with E-state index in [9.17, 15) is 0 Å². The maximum Gasteiger partial charge on any atom is 0.126 e. The molecule has 0 aromatic heterocycles. The summed E-state index contributed by atoms with van der Waals surface area (Å²) in [5, 5.41) is 0. The summed E-state index contributed by atoms with van der Waals surface area (Å²) in [6, 6.07) is 22.3. The van der Waals surface area contributed by atoms with E-state index in [1.165, 1.54) is 138 Å². The highest BCUT2D eigenvalue weighted by Gasteiger charge is 2.17. The molecule has 0 heterocycles. The first-order valence-electron chi connectivity index (χ1n) is 23.0. The lowest BCUT2D eigenvalue weighted by Gasteiger charge is -2.21. The van der Waals surface area contributed by atoms with E-state index < -0.39 is 0 Å². The molecule has 0 amide bonds. The first-order valence-corrected chi connectivity index (χ1v) is 23.0. The van der Waals surface area contributed by atoms with Gasteiger partial charge < -0.3 is 9.47 Å². The summed E-state index contributed by atoms with van der Waals surface area (Å²) in [7, 11) is 0. The molecule has 3 aromatic carbocycles. The lowest BCUT2D eigenvalue weighted by atomic mass is 9.86. The molecule has 3 rings (SSSR count). The van der Waals surface area contributed by atoms with Crippen LogP contribution >= 0.6 is 0 Å². The van der Waals surface area contributed by atoms with Gasteiger partial charge in [0.05, 0.1) is 13.2 Å². The van der Waals surface area contributed by atoms with Crippen molar-refractivity contribution < 1.29 is 9.47 Å². The molecule has 0 aliphatic carbocycles. The molecule has 0 fully saturated rings. The number of hydrogen-bond acceptors (Lipinski definition) is 2. The fourth-order valence-corrected chi connectivity index (χ4v) is 7.19. The van der Waals surface area contributed by atoms with E-state index in [1.54, 1.807) is 0 Å². The Morgan fingerprint density at radius 3 is 0.982 bits per heavy atom. The average molecular weight is 763 g/mol. The number of ether oxygens (including phenoxy) is 2. The van der Waals surface area contributed by atoms with Gasteiger partial charge in [0.1, 0.15) is 11.5 Å². The van der Waals surface area contributed by atoms with Gasteiger partial charge in [-0.15, -0.1) is 0 Å². The van der Waals surface area contributed by atoms with Crippen molar-refractivity contribution in [2.24, 2.45) is 0 Å². The summed E-state index contributed by atoms with van der Waals surface area (Å²) in [6.45, 7) is 19.8. The van der Waals surface area contributed by atoms with Gasteiger partial charge >= 0.3 is 0 Å². The third-order valence-corrected chi connectivity index (χ3v) is 11.1. The van der Waals surface area contributed by atoms with Crippen molar-refractivity contribution >= 4 is 24.3 Å². The molecule has 0 aliphatic heterocycles. The predicted molar refractivity (Wildman–Crippen MR) is 249 cm³/mol. The van der Waals surface area contributed by atoms with E-state index in [0.717, 1.165) is 48.7 Å². The first-order chi connectivity index (χ1) is 27.0. The second kappa shape index (κ2) is 26.6. The summed E-state index contributed by atoms with van der Waals surface area (Å²) < 4.78 is 12.8. The van der Waals surface area contributed by atoms with Crippen LogP contribution in [0.2, 0.25) is 0 Å². The van der Waals surface area contributed by atoms with Crippen LogP contribution in [0.3, 0.4) is 0 Å². The highest BCUT2D eigenvalue weighted by Crippen LogP contribution is 2.31. The summed E-state index contributed by atoms with van der Waals surface area (Å²) in [4.78, 5) is 0. The number of unbranched alkanes of at least 4 members (excludes halogenated alkanes) is 18. The minimum absolute atomic E-state index is 0.0793. The van der Waals surface area contributed by atoms with E-state index in [0.29, 0.717) is 0 Å². The highest BCUT2D eigenvalue weighted by molar-refractivity contribution is 5.76. The maximum atomic E-state index is 6.39. The van der Waals surface area contributed by atoms with Crippen LogP contribution in [0.25, 0.3) is 24.3 Å². The highest BCUT2D eigenvalue weighted by atomic mass is 16.5. The Morgan fingerprint density at radius 1 is 0.375 bits per heavy atom. The second-order valence-electron chi connectivity index (χ2n) is 18.4. The van der Waals surface area contributed by atoms with Crippen LogP contribution in [-0.4, -0.2) is 13.2 Å². The molecule has 0 saturated heterocycles. The van der Waals surface area contributed by atoms with Gasteiger partial charge in [0.15, 0.2) is 0 Å². The summed E-state index contributed by atoms with van der Waals surface area (Å²) in [5.41, 5.74) is 7.47. The standard InChI is InChI=1S/C54H82O2/c1-9-11-13-15-17-19-21-23-25-27-41-55-51-39-37-49(53(3,4)5)43-47(51)35-33-45-29-31-46(32-30-45)34-36-48-44-50(54(6,7)8)38-40-52(48)56-42-28-26-24-22-20-18-16-14-12-10-2/h29-40,43-44H,9-28,41-42H2,1-8H3/b35-33+,36-34+. The maximum absolute atomic E-state index is 6.39. The Morgan fingerprint density at radius 2 is 0.679 bits per heavy atom. The molecule has 2 nitrogen and oxygen atoms in total. The number of benzene rings is 3. The number of hydrogen-bond donors (Lipinski definition) is 0. The lowest BCUT2D eigenvalue weighted by molar-refractivity contribution is 0.303. The lowest BCUT2D eigenvalue weighted by Crippen LogP contribution is -2.11. The third kappa shape index (κ3) is 19.3. The molecule has 0 atom stereocenters. The summed E-state index contributed by atoms with van der Waals surface area (Å²) in [5.74, 6) is 1.96. The Labute approximate surface area is 346 Å². The van der Waals surface area contributed by atoms with Crippen LogP contribution in [-0.2, 0) is 10.8 Å². The molecule has 2 heteroatoms. The van der Waals surface area contributed by atoms with Crippen LogP contribution in [0.15, 0.2) is 60.7 Å². The molecule has 0 N–H and O–H groups in total. The van der Waals surface area contributed by atoms with Crippen LogP contribution in [0, 0.1) is 0 Å². The van der Waals surface area contributed by atoms with Crippen molar-refractivity contribution in [3.05, 3.63) is 94.0 Å². The van der Waals surface area contributed by atoms with Crippen LogP contribution < -0.4 is 9.47 Å². The largest absolute Gasteiger partial charge is 0.493 e. The van der Waals surface area contributed by atoms with Gasteiger partial charge in [-0.25, -0.2) is 0 Å². The van der Waals surface area contributed by atoms with Gasteiger partial charge in [0.25, 0.3) is 0 Å². The van der Waals surface area contributed by atoms with Gasteiger partial charge in [0, 0.05) is 11.1 Å². The number of rotatable bonds is 28. The van der Waals surface area contributed by atoms with Crippen LogP contribution in [0.4, 0.5) is 0 Å². The Bertz CT molecular complexity index is 1410. The molecule has 0 bridgehead atoms. The summed E-state index contributed by atoms with van der Waals surface area (Å²) in [6.07, 6.45) is 35.6. The first kappa shape index (κ1) is 47.1. The Kier molecular flexibility index (Phi) is 22.4. The van der Waals surface area contributed by atoms with E-state index >= 15 is 0 Å². The normalized spacial score (nSPS) is 12.3. The molecular weight excluding hydrogens is 681 g/mol. The van der Waals surface area contributed by atoms with Crippen LogP contribution in [0.5, 0.6) is 11.5 Å². The smallest absolute Gasteiger partial charge is 0.126 e. The molecule has 0 saturated carbocycles. The van der Waals surface area contributed by atoms with E-state index in [4.69, 9.17) is 9.47 Å². The Balaban J connectivity index is 1.58. The molecule has 0 radical (unpaired) electrons. The van der Waals surface area contributed by atoms with Gasteiger partial charge in [-0.05, 0) is 70.2 Å². The molecule has 0 spiro atoms. The monoisotopic (exact) mass is 763 g/mol. The van der Waals surface area contributed by atoms with Crippen molar-refractivity contribution in [1.29, 1.82) is 0 Å². The molecular formula is C54H82O2. The fraction of sp³-hybridized carbons (Fsp3) is 0.593. The van der Waals surface area contributed by atoms with Gasteiger partial charge in [-0.3, -0.25) is 0 Å². The third-order valence-electron chi connectivity index (χ3n) is 11.1. The van der Waals surface area contributed by atoms with E-state index in [2.05, 4.69) is 140 Å². The average Bonchev–Trinajstić information content (AvgIpc) is 3.17. The zero-order chi connectivity index (χ0) is 40.5. The van der Waals surface area contributed by atoms with Crippen molar-refractivity contribution in [3.63, 3.8) is 0 Å². The molecule has 3 aromatic rings. The minimum atomic E-state index is 0.0793. The van der Waals surface area contributed by atoms with Gasteiger partial charge in [-0.1, -0.05) is 232 Å². The fourth-order valence-electron chi connectivity index (χ4n) is 7.19. The zero-order valence-corrected chi connectivity index (χ0v) is 37.5. The summed E-state index contributed by atoms with van der Waals surface area (Å²) >= 11 is 0. The minimum Gasteiger partial charge on any atom is -0.493 e. The van der Waals surface area contributed by atoms with Crippen molar-refractivity contribution in [2.45, 2.75) is 195 Å². The topological polar surface area (TPSA) is 18.5 Å². The van der Waals surface area contributed by atoms with E-state index in [1.807, 2.05) is 0 Å². The van der Waals surface area contributed by atoms with E-state index in [-0.39, 0.29) is 10.8 Å². The molecule has 0 unspecified atom stereocenters. The second-order valence-corrected chi connectivity index (χ2v) is 18.4. The van der Waals surface area contributed by atoms with Crippen LogP contribution in [0.1, 0.15) is 217 Å². The molecule has 56 heavy (non-hydrogen) atoms. The van der Waals surface area contributed by atoms with Crippen molar-refractivity contribution in [1.82, 2.24) is 0 Å². The van der Waals surface area contributed by atoms with Gasteiger partial charge in [0.2, 0.25) is 0 Å².